The van der Waals surface area contributed by atoms with Crippen molar-refractivity contribution in [2.24, 2.45) is 0 Å². The predicted molar refractivity (Wildman–Crippen MR) is 99.2 cm³/mol. The van der Waals surface area contributed by atoms with Gasteiger partial charge in [-0.05, 0) is 36.6 Å². The normalized spacial score (nSPS) is 19.9. The molecule has 26 heavy (non-hydrogen) atoms. The SMILES string of the molecule is Cc1cccc(O[C@H]2CCN(C(=O)OCc3ccccc3)C[C@H]2O)c1C. The fourth-order valence-corrected chi connectivity index (χ4v) is 3.04. The highest BCUT2D eigenvalue weighted by atomic mass is 16.6. The zero-order valence-corrected chi connectivity index (χ0v) is 15.2. The summed E-state index contributed by atoms with van der Waals surface area (Å²) < 4.78 is 11.3. The maximum Gasteiger partial charge on any atom is 0.410 e. The van der Waals surface area contributed by atoms with Crippen LogP contribution in [0, 0.1) is 13.8 Å². The molecule has 0 spiro atoms. The smallest absolute Gasteiger partial charge is 0.410 e. The van der Waals surface area contributed by atoms with Crippen molar-refractivity contribution < 1.29 is 19.4 Å². The van der Waals surface area contributed by atoms with E-state index in [0.29, 0.717) is 13.0 Å². The summed E-state index contributed by atoms with van der Waals surface area (Å²) in [6.07, 6.45) is -0.908. The van der Waals surface area contributed by atoms with E-state index in [1.165, 1.54) is 4.90 Å². The maximum absolute atomic E-state index is 12.2. The molecule has 0 unspecified atom stereocenters. The molecule has 0 aromatic heterocycles. The molecule has 0 aliphatic carbocycles. The van der Waals surface area contributed by atoms with Gasteiger partial charge < -0.3 is 19.5 Å². The van der Waals surface area contributed by atoms with Gasteiger partial charge in [-0.1, -0.05) is 42.5 Å². The first-order chi connectivity index (χ1) is 12.5. The number of likely N-dealkylation sites (tertiary alicyclic amines) is 1. The van der Waals surface area contributed by atoms with Gasteiger partial charge in [0.15, 0.2) is 0 Å². The molecular weight excluding hydrogens is 330 g/mol. The molecule has 5 heteroatoms. The molecule has 1 aliphatic heterocycles. The topological polar surface area (TPSA) is 59.0 Å². The summed E-state index contributed by atoms with van der Waals surface area (Å²) >= 11 is 0. The Bertz CT molecular complexity index is 747. The second kappa shape index (κ2) is 8.23. The number of aliphatic hydroxyl groups is 1. The van der Waals surface area contributed by atoms with Gasteiger partial charge >= 0.3 is 6.09 Å². The number of aliphatic hydroxyl groups excluding tert-OH is 1. The Morgan fingerprint density at radius 1 is 1.15 bits per heavy atom. The molecule has 5 nitrogen and oxygen atoms in total. The number of β-amino-alcohol motifs (C(OH)–C–C–N with tert-alkyl or cyclic N) is 1. The Kier molecular flexibility index (Phi) is 5.78. The average molecular weight is 355 g/mol. The van der Waals surface area contributed by atoms with Crippen LogP contribution in [0.5, 0.6) is 5.75 Å². The lowest BCUT2D eigenvalue weighted by atomic mass is 10.0. The molecule has 0 radical (unpaired) electrons. The van der Waals surface area contributed by atoms with Crippen LogP contribution in [0.25, 0.3) is 0 Å². The molecule has 1 N–H and O–H groups in total. The molecule has 1 amide bonds. The highest BCUT2D eigenvalue weighted by molar-refractivity contribution is 5.67. The Morgan fingerprint density at radius 2 is 1.92 bits per heavy atom. The summed E-state index contributed by atoms with van der Waals surface area (Å²) in [7, 11) is 0. The first-order valence-corrected chi connectivity index (χ1v) is 8.91. The van der Waals surface area contributed by atoms with Gasteiger partial charge in [0.25, 0.3) is 0 Å². The number of hydrogen-bond donors (Lipinski definition) is 1. The quantitative estimate of drug-likeness (QED) is 0.913. The zero-order valence-electron chi connectivity index (χ0n) is 15.2. The van der Waals surface area contributed by atoms with Crippen LogP contribution in [0.4, 0.5) is 4.79 Å². The fourth-order valence-electron chi connectivity index (χ4n) is 3.04. The van der Waals surface area contributed by atoms with E-state index in [0.717, 1.165) is 22.4 Å². The molecule has 1 aliphatic rings. The fraction of sp³-hybridized carbons (Fsp3) is 0.381. The number of piperidine rings is 1. The van der Waals surface area contributed by atoms with Gasteiger partial charge in [-0.3, -0.25) is 0 Å². The maximum atomic E-state index is 12.2. The van der Waals surface area contributed by atoms with E-state index in [1.807, 2.05) is 62.4 Å². The number of amides is 1. The van der Waals surface area contributed by atoms with Gasteiger partial charge in [0.1, 0.15) is 24.6 Å². The number of aryl methyl sites for hydroxylation is 1. The molecule has 2 aromatic rings. The first-order valence-electron chi connectivity index (χ1n) is 8.91. The number of carbonyl (C=O) groups excluding carboxylic acids is 1. The second-order valence-corrected chi connectivity index (χ2v) is 6.70. The average Bonchev–Trinajstić information content (AvgIpc) is 2.65. The number of rotatable bonds is 4. The van der Waals surface area contributed by atoms with Crippen LogP contribution in [-0.4, -0.2) is 41.4 Å². The molecule has 0 saturated carbocycles. The lowest BCUT2D eigenvalue weighted by molar-refractivity contribution is -0.0255. The lowest BCUT2D eigenvalue weighted by Crippen LogP contribution is -2.51. The minimum atomic E-state index is -0.743. The lowest BCUT2D eigenvalue weighted by Gasteiger charge is -2.35. The van der Waals surface area contributed by atoms with Crippen LogP contribution < -0.4 is 4.74 Å². The largest absolute Gasteiger partial charge is 0.487 e. The Hall–Kier alpha value is -2.53. The summed E-state index contributed by atoms with van der Waals surface area (Å²) in [6, 6.07) is 15.4. The van der Waals surface area contributed by atoms with Crippen molar-refractivity contribution in [2.45, 2.75) is 39.1 Å². The van der Waals surface area contributed by atoms with E-state index in [1.54, 1.807) is 0 Å². The van der Waals surface area contributed by atoms with Crippen LogP contribution in [-0.2, 0) is 11.3 Å². The predicted octanol–water partition coefficient (Wildman–Crippen LogP) is 3.45. The molecule has 3 rings (SSSR count). The van der Waals surface area contributed by atoms with Crippen molar-refractivity contribution in [1.82, 2.24) is 4.90 Å². The second-order valence-electron chi connectivity index (χ2n) is 6.70. The molecular formula is C21H25NO4. The van der Waals surface area contributed by atoms with Gasteiger partial charge in [0, 0.05) is 13.0 Å². The molecule has 2 aromatic carbocycles. The molecule has 0 bridgehead atoms. The van der Waals surface area contributed by atoms with Crippen molar-refractivity contribution in [3.05, 3.63) is 65.2 Å². The summed E-state index contributed by atoms with van der Waals surface area (Å²) in [6.45, 7) is 4.98. The third-order valence-electron chi connectivity index (χ3n) is 4.82. The van der Waals surface area contributed by atoms with Crippen LogP contribution >= 0.6 is 0 Å². The Morgan fingerprint density at radius 3 is 2.65 bits per heavy atom. The standard InChI is InChI=1S/C21H25NO4/c1-15-7-6-10-19(16(15)2)26-20-11-12-22(13-18(20)23)21(24)25-14-17-8-4-3-5-9-17/h3-10,18,20,23H,11-14H2,1-2H3/t18-,20+/m1/s1. The van der Waals surface area contributed by atoms with Crippen LogP contribution in [0.3, 0.4) is 0 Å². The third kappa shape index (κ3) is 4.35. The summed E-state index contributed by atoms with van der Waals surface area (Å²) in [4.78, 5) is 13.8. The summed E-state index contributed by atoms with van der Waals surface area (Å²) in [5.41, 5.74) is 3.16. The van der Waals surface area contributed by atoms with Gasteiger partial charge in [0.05, 0.1) is 6.54 Å². The van der Waals surface area contributed by atoms with Crippen molar-refractivity contribution in [2.75, 3.05) is 13.1 Å². The van der Waals surface area contributed by atoms with Crippen molar-refractivity contribution in [3.8, 4) is 5.75 Å². The summed E-state index contributed by atoms with van der Waals surface area (Å²) in [5.74, 6) is 0.786. The van der Waals surface area contributed by atoms with Gasteiger partial charge in [0.2, 0.25) is 0 Å². The van der Waals surface area contributed by atoms with E-state index in [9.17, 15) is 9.90 Å². The number of nitrogens with zero attached hydrogens (tertiary/aromatic N) is 1. The third-order valence-corrected chi connectivity index (χ3v) is 4.82. The number of ether oxygens (including phenoxy) is 2. The molecule has 2 atom stereocenters. The molecule has 1 fully saturated rings. The van der Waals surface area contributed by atoms with Gasteiger partial charge in [-0.25, -0.2) is 4.79 Å². The minimum absolute atomic E-state index is 0.211. The molecule has 138 valence electrons. The zero-order chi connectivity index (χ0) is 18.5. The van der Waals surface area contributed by atoms with Crippen LogP contribution in [0.15, 0.2) is 48.5 Å². The summed E-state index contributed by atoms with van der Waals surface area (Å²) in [5, 5.41) is 10.4. The first kappa shape index (κ1) is 18.3. The van der Waals surface area contributed by atoms with Crippen LogP contribution in [0.2, 0.25) is 0 Å². The Labute approximate surface area is 154 Å². The van der Waals surface area contributed by atoms with Gasteiger partial charge in [-0.2, -0.15) is 0 Å². The van der Waals surface area contributed by atoms with Gasteiger partial charge in [-0.15, -0.1) is 0 Å². The number of benzene rings is 2. The molecule has 1 heterocycles. The highest BCUT2D eigenvalue weighted by Gasteiger charge is 2.32. The monoisotopic (exact) mass is 355 g/mol. The van der Waals surface area contributed by atoms with Crippen molar-refractivity contribution >= 4 is 6.09 Å². The van der Waals surface area contributed by atoms with E-state index in [-0.39, 0.29) is 19.3 Å². The van der Waals surface area contributed by atoms with E-state index in [2.05, 4.69) is 0 Å². The van der Waals surface area contributed by atoms with E-state index < -0.39 is 12.2 Å². The Balaban J connectivity index is 1.53. The van der Waals surface area contributed by atoms with E-state index in [4.69, 9.17) is 9.47 Å². The van der Waals surface area contributed by atoms with Crippen molar-refractivity contribution in [3.63, 3.8) is 0 Å². The van der Waals surface area contributed by atoms with E-state index >= 15 is 0 Å². The molecule has 1 saturated heterocycles. The number of hydrogen-bond acceptors (Lipinski definition) is 4. The van der Waals surface area contributed by atoms with Crippen molar-refractivity contribution in [1.29, 1.82) is 0 Å². The van der Waals surface area contributed by atoms with Crippen LogP contribution in [0.1, 0.15) is 23.1 Å². The highest BCUT2D eigenvalue weighted by Crippen LogP contribution is 2.25. The minimum Gasteiger partial charge on any atom is -0.487 e. The number of carbonyl (C=O) groups is 1.